The van der Waals surface area contributed by atoms with Crippen molar-refractivity contribution >= 4 is 31.8 Å². The summed E-state index contributed by atoms with van der Waals surface area (Å²) >= 11 is -3.17. The molecule has 4 heteroatoms. The number of halogens is 2. The smallest absolute Gasteiger partial charge is 0.147 e. The van der Waals surface area contributed by atoms with E-state index in [9.17, 15) is 0 Å². The molecule has 28 heavy (non-hydrogen) atoms. The van der Waals surface area contributed by atoms with Crippen LogP contribution in [0.5, 0.6) is 0 Å². The minimum Gasteiger partial charge on any atom is -0.147 e. The van der Waals surface area contributed by atoms with E-state index >= 15 is 0 Å². The Bertz CT molecular complexity index is 676. The van der Waals surface area contributed by atoms with E-state index in [1.165, 1.54) is 64.2 Å². The van der Waals surface area contributed by atoms with Crippen LogP contribution in [0.25, 0.3) is 0 Å². The van der Waals surface area contributed by atoms with Crippen LogP contribution in [0.2, 0.25) is 9.36 Å². The van der Waals surface area contributed by atoms with Gasteiger partial charge in [0.2, 0.25) is 0 Å². The number of hydrogen-bond donors (Lipinski definition) is 0. The zero-order valence-electron chi connectivity index (χ0n) is 19.2. The third-order valence-corrected chi connectivity index (χ3v) is 31.2. The predicted molar refractivity (Wildman–Crippen MR) is 134 cm³/mol. The summed E-state index contributed by atoms with van der Waals surface area (Å²) in [6.45, 7) is 11.9. The number of rotatable bonds is 10. The van der Waals surface area contributed by atoms with Crippen molar-refractivity contribution in [1.82, 2.24) is 0 Å². The van der Waals surface area contributed by atoms with Gasteiger partial charge in [0, 0.05) is 0 Å². The summed E-state index contributed by atoms with van der Waals surface area (Å²) in [7, 11) is 0. The van der Waals surface area contributed by atoms with E-state index in [0.29, 0.717) is 0 Å². The maximum atomic E-state index is 2.75. The van der Waals surface area contributed by atoms with Crippen LogP contribution in [0.1, 0.15) is 91.9 Å². The average Bonchev–Trinajstić information content (AvgIpc) is 3.22. The molecule has 2 aliphatic rings. The number of hydrogen-bond acceptors (Lipinski definition) is 0. The number of unbranched alkanes of at least 4 members (excludes halogenated alkanes) is 2. The third kappa shape index (κ3) is 6.31. The van der Waals surface area contributed by atoms with E-state index in [-0.39, 0.29) is 24.8 Å². The summed E-state index contributed by atoms with van der Waals surface area (Å²) in [5.41, 5.74) is 6.90. The van der Waals surface area contributed by atoms with Crippen LogP contribution in [0.4, 0.5) is 0 Å². The Morgan fingerprint density at radius 1 is 0.750 bits per heavy atom. The molecule has 2 rings (SSSR count). The van der Waals surface area contributed by atoms with Gasteiger partial charge in [0.25, 0.3) is 0 Å². The monoisotopic (exact) mass is 610 g/mol. The van der Waals surface area contributed by atoms with Crippen molar-refractivity contribution in [1.29, 1.82) is 0 Å². The first-order chi connectivity index (χ1) is 12.3. The van der Waals surface area contributed by atoms with E-state index in [1.54, 1.807) is 22.3 Å². The number of allylic oxidation sites excluding steroid dienone is 8. The van der Waals surface area contributed by atoms with Crippen molar-refractivity contribution in [2.75, 3.05) is 0 Å². The fourth-order valence-corrected chi connectivity index (χ4v) is 27.0. The molecule has 162 valence electrons. The van der Waals surface area contributed by atoms with E-state index < -0.39 is 17.1 Å². The summed E-state index contributed by atoms with van der Waals surface area (Å²) < 4.78 is 9.36. The fraction of sp³-hybridized carbons (Fsp3) is 0.667. The molecule has 0 fully saturated rings. The van der Waals surface area contributed by atoms with Gasteiger partial charge in [-0.1, -0.05) is 0 Å². The Morgan fingerprint density at radius 3 is 1.39 bits per heavy atom. The first-order valence-corrected chi connectivity index (χ1v) is 30.3. The topological polar surface area (TPSA) is 0 Å². The van der Waals surface area contributed by atoms with Crippen LogP contribution < -0.4 is 0 Å². The van der Waals surface area contributed by atoms with E-state index in [0.717, 1.165) is 0 Å². The van der Waals surface area contributed by atoms with E-state index in [4.69, 9.17) is 0 Å². The second-order valence-corrected chi connectivity index (χ2v) is 50.6. The molecular weight excluding hydrogens is 566 g/mol. The largest absolute Gasteiger partial charge is 0.147 e. The fourth-order valence-electron chi connectivity index (χ4n) is 4.99. The first kappa shape index (κ1) is 28.6. The Kier molecular flexibility index (Phi) is 12.1. The standard InChI is InChI=1S/2C11H17.2CH3.2ClH.Hf.H2Si/c2*1-3-5-6-11-8-7-10(4-2)9-11;;;;;;/h2*9H,3-6,8H2,1-2H3;2*1H3;2*1H;;1H2. The summed E-state index contributed by atoms with van der Waals surface area (Å²) in [6, 6.07) is 0. The van der Waals surface area contributed by atoms with Gasteiger partial charge in [0.15, 0.2) is 0 Å². The van der Waals surface area contributed by atoms with Crippen LogP contribution in [-0.2, 0) is 17.1 Å². The van der Waals surface area contributed by atoms with Crippen molar-refractivity contribution in [3.8, 4) is 0 Å². The second-order valence-electron chi connectivity index (χ2n) is 9.57. The Morgan fingerprint density at radius 2 is 1.11 bits per heavy atom. The molecule has 0 spiro atoms. The third-order valence-electron chi connectivity index (χ3n) is 6.74. The molecule has 0 N–H and O–H groups in total. The molecule has 0 aliphatic heterocycles. The van der Waals surface area contributed by atoms with Crippen LogP contribution >= 0.6 is 24.8 Å². The van der Waals surface area contributed by atoms with Gasteiger partial charge in [-0.15, -0.1) is 24.8 Å². The van der Waals surface area contributed by atoms with Crippen molar-refractivity contribution in [2.45, 2.75) is 101 Å². The van der Waals surface area contributed by atoms with Crippen molar-refractivity contribution in [3.05, 3.63) is 41.1 Å². The predicted octanol–water partition coefficient (Wildman–Crippen LogP) is 8.53. The first-order valence-electron chi connectivity index (χ1n) is 11.2. The van der Waals surface area contributed by atoms with Crippen molar-refractivity contribution in [3.63, 3.8) is 0 Å². The van der Waals surface area contributed by atoms with Gasteiger partial charge in [-0.05, 0) is 0 Å². The van der Waals surface area contributed by atoms with Gasteiger partial charge in [0.1, 0.15) is 0 Å². The average molecular weight is 610 g/mol. The molecule has 0 radical (unpaired) electrons. The van der Waals surface area contributed by atoms with Gasteiger partial charge >= 0.3 is 166 Å². The molecule has 0 saturated carbocycles. The maximum Gasteiger partial charge on any atom is -0.147 e. The molecule has 0 bridgehead atoms. The van der Waals surface area contributed by atoms with Gasteiger partial charge in [-0.3, -0.25) is 0 Å². The Balaban J connectivity index is 0.00000364. The van der Waals surface area contributed by atoms with Crippen LogP contribution in [0.15, 0.2) is 41.1 Å². The van der Waals surface area contributed by atoms with Crippen LogP contribution in [0.3, 0.4) is 0 Å². The second kappa shape index (κ2) is 11.9. The Hall–Kier alpha value is 0.627. The molecule has 0 nitrogen and oxygen atoms in total. The molecule has 0 heterocycles. The molecule has 0 aromatic heterocycles. The summed E-state index contributed by atoms with van der Waals surface area (Å²) in [6.07, 6.45) is 18.2. The van der Waals surface area contributed by atoms with Crippen LogP contribution in [0, 0.1) is 0 Å². The van der Waals surface area contributed by atoms with Crippen molar-refractivity contribution < 1.29 is 17.1 Å². The normalized spacial score (nSPS) is 17.4. The van der Waals surface area contributed by atoms with Gasteiger partial charge < -0.3 is 0 Å². The van der Waals surface area contributed by atoms with E-state index in [2.05, 4.69) is 56.1 Å². The van der Waals surface area contributed by atoms with Crippen molar-refractivity contribution in [2.24, 2.45) is 0 Å². The minimum absolute atomic E-state index is 0. The maximum absolute atomic E-state index is 3.17. The molecule has 0 atom stereocenters. The molecule has 0 aromatic carbocycles. The van der Waals surface area contributed by atoms with E-state index in [1.807, 2.05) is 6.66 Å². The van der Waals surface area contributed by atoms with Crippen LogP contribution in [-0.4, -0.2) is 6.94 Å². The molecule has 0 saturated heterocycles. The summed E-state index contributed by atoms with van der Waals surface area (Å²) in [5, 5.41) is 0. The zero-order valence-corrected chi connectivity index (χ0v) is 25.9. The molecule has 0 unspecified atom stereocenters. The SMILES string of the molecule is CCCCC1=CC(CC)=[C]([Hf]([CH3])([CH3])(=[SiH2])[C]2=C(CC)C=C(CCCC)C2)C1.Cl.Cl. The quantitative estimate of drug-likeness (QED) is 0.218. The molecule has 0 aromatic rings. The van der Waals surface area contributed by atoms with Gasteiger partial charge in [-0.25, -0.2) is 0 Å². The molecular formula is C24H44Cl2HfSi. The van der Waals surface area contributed by atoms with Gasteiger partial charge in [-0.2, -0.15) is 0 Å². The van der Waals surface area contributed by atoms with Gasteiger partial charge in [0.05, 0.1) is 0 Å². The molecule has 0 amide bonds. The Labute approximate surface area is 190 Å². The molecule has 2 aliphatic carbocycles. The zero-order chi connectivity index (χ0) is 19.4. The summed E-state index contributed by atoms with van der Waals surface area (Å²) in [4.78, 5) is 0. The minimum atomic E-state index is -3.17. The summed E-state index contributed by atoms with van der Waals surface area (Å²) in [5.74, 6) is 0.